The van der Waals surface area contributed by atoms with Gasteiger partial charge >= 0.3 is 5.97 Å². The maximum Gasteiger partial charge on any atom is 0.306 e. The van der Waals surface area contributed by atoms with E-state index in [0.717, 1.165) is 44.9 Å². The van der Waals surface area contributed by atoms with Gasteiger partial charge in [0.1, 0.15) is 19.3 Å². The molecule has 0 heterocycles. The Bertz CT molecular complexity index is 667. The van der Waals surface area contributed by atoms with Crippen LogP contribution in [0.3, 0.4) is 0 Å². The first-order chi connectivity index (χ1) is 19.1. The molecule has 0 N–H and O–H groups in total. The van der Waals surface area contributed by atoms with Crippen molar-refractivity contribution < 1.29 is 37.3 Å². The van der Waals surface area contributed by atoms with Crippen LogP contribution in [0.25, 0.3) is 0 Å². The number of hydrogen-bond donors (Lipinski definition) is 0. The molecule has 0 spiro atoms. The third kappa shape index (κ3) is 28.8. The predicted octanol–water partition coefficient (Wildman–Crippen LogP) is 7.35. The Morgan fingerprint density at radius 3 is 1.95 bits per heavy atom. The van der Waals surface area contributed by atoms with Crippen LogP contribution in [0.2, 0.25) is 0 Å². The highest BCUT2D eigenvalue weighted by atomic mass is 31.2. The number of rotatable bonds is 29. The molecule has 0 aromatic carbocycles. The number of carbonyl (C=O) groups is 1. The standard InChI is InChI=1S/C31H62NO7P/c1-6-8-10-12-14-15-16-17-18-19-20-22-24-31(33)39-30(28-36-26-23-21-13-11-9-7-2)29-38-40(34,35)37-27-25-32(3,4)5/h14-15,30H,6-13,16-29H2,1-5H3/b15-14-. The van der Waals surface area contributed by atoms with Gasteiger partial charge in [0.05, 0.1) is 34.4 Å². The highest BCUT2D eigenvalue weighted by Gasteiger charge is 2.20. The summed E-state index contributed by atoms with van der Waals surface area (Å²) in [7, 11) is 1.35. The summed E-state index contributed by atoms with van der Waals surface area (Å²) >= 11 is 0. The van der Waals surface area contributed by atoms with E-state index in [0.29, 0.717) is 24.1 Å². The average Bonchev–Trinajstić information content (AvgIpc) is 2.88. The van der Waals surface area contributed by atoms with Gasteiger partial charge in [-0.2, -0.15) is 0 Å². The summed E-state index contributed by atoms with van der Waals surface area (Å²) in [4.78, 5) is 24.7. The molecule has 0 bridgehead atoms. The second kappa shape index (κ2) is 25.9. The molecule has 40 heavy (non-hydrogen) atoms. The SMILES string of the molecule is CCCCC/C=C\CCCCCCCC(=O)OC(COCCCCCCCC)COP(=O)([O-])OCC[N+](C)(C)C. The van der Waals surface area contributed by atoms with E-state index in [1.807, 2.05) is 21.1 Å². The van der Waals surface area contributed by atoms with Crippen molar-refractivity contribution in [1.82, 2.24) is 0 Å². The molecular weight excluding hydrogens is 529 g/mol. The maximum atomic E-state index is 12.5. The van der Waals surface area contributed by atoms with Gasteiger partial charge in [-0.15, -0.1) is 0 Å². The minimum atomic E-state index is -4.50. The second-order valence-corrected chi connectivity index (χ2v) is 13.2. The number of carbonyl (C=O) groups excluding carboxylic acids is 1. The third-order valence-corrected chi connectivity index (χ3v) is 7.53. The molecule has 0 saturated carbocycles. The Balaban J connectivity index is 4.35. The van der Waals surface area contributed by atoms with Gasteiger partial charge in [0, 0.05) is 13.0 Å². The maximum absolute atomic E-state index is 12.5. The van der Waals surface area contributed by atoms with E-state index in [9.17, 15) is 14.3 Å². The first-order valence-electron chi connectivity index (χ1n) is 15.9. The van der Waals surface area contributed by atoms with Crippen LogP contribution in [0.5, 0.6) is 0 Å². The van der Waals surface area contributed by atoms with Gasteiger partial charge in [-0.3, -0.25) is 9.36 Å². The van der Waals surface area contributed by atoms with Crippen LogP contribution in [0.4, 0.5) is 0 Å². The zero-order chi connectivity index (χ0) is 30.0. The van der Waals surface area contributed by atoms with Crippen LogP contribution in [-0.2, 0) is 27.9 Å². The van der Waals surface area contributed by atoms with E-state index in [4.69, 9.17) is 18.5 Å². The molecule has 2 unspecified atom stereocenters. The molecule has 2 atom stereocenters. The van der Waals surface area contributed by atoms with Crippen LogP contribution < -0.4 is 4.89 Å². The zero-order valence-electron chi connectivity index (χ0n) is 26.5. The lowest BCUT2D eigenvalue weighted by atomic mass is 10.1. The molecule has 0 rings (SSSR count). The predicted molar refractivity (Wildman–Crippen MR) is 162 cm³/mol. The minimum Gasteiger partial charge on any atom is -0.756 e. The van der Waals surface area contributed by atoms with Crippen LogP contribution in [-0.4, -0.2) is 70.7 Å². The molecule has 8 nitrogen and oxygen atoms in total. The number of nitrogens with zero attached hydrogens (tertiary/aromatic N) is 1. The third-order valence-electron chi connectivity index (χ3n) is 6.57. The van der Waals surface area contributed by atoms with Gasteiger partial charge < -0.3 is 27.9 Å². The first-order valence-corrected chi connectivity index (χ1v) is 17.4. The molecule has 0 aromatic rings. The molecule has 0 saturated heterocycles. The molecule has 0 fully saturated rings. The molecular formula is C31H62NO7P. The van der Waals surface area contributed by atoms with Crippen molar-refractivity contribution in [2.24, 2.45) is 0 Å². The number of hydrogen-bond acceptors (Lipinski definition) is 7. The molecule has 0 aliphatic rings. The Kier molecular flexibility index (Phi) is 25.4. The van der Waals surface area contributed by atoms with Crippen LogP contribution in [0, 0.1) is 0 Å². The summed E-state index contributed by atoms with van der Waals surface area (Å²) in [5.74, 6) is -0.349. The lowest BCUT2D eigenvalue weighted by molar-refractivity contribution is -0.870. The molecule has 9 heteroatoms. The molecule has 0 aliphatic heterocycles. The zero-order valence-corrected chi connectivity index (χ0v) is 27.4. The Labute approximate surface area is 246 Å². The number of phosphoric ester groups is 1. The normalized spacial score (nSPS) is 14.4. The van der Waals surface area contributed by atoms with Crippen molar-refractivity contribution in [1.29, 1.82) is 0 Å². The number of esters is 1. The van der Waals surface area contributed by atoms with Crippen LogP contribution in [0.15, 0.2) is 12.2 Å². The molecule has 0 aliphatic carbocycles. The fourth-order valence-electron chi connectivity index (χ4n) is 4.01. The molecule has 238 valence electrons. The van der Waals surface area contributed by atoms with Gasteiger partial charge in [0.2, 0.25) is 0 Å². The van der Waals surface area contributed by atoms with Gasteiger partial charge in [-0.05, 0) is 38.5 Å². The van der Waals surface area contributed by atoms with E-state index in [1.54, 1.807) is 0 Å². The first kappa shape index (κ1) is 39.2. The topological polar surface area (TPSA) is 94.1 Å². The number of unbranched alkanes of at least 4 members (excludes halogenated alkanes) is 13. The van der Waals surface area contributed by atoms with Crippen LogP contribution >= 0.6 is 7.82 Å². The lowest BCUT2D eigenvalue weighted by Crippen LogP contribution is -2.37. The van der Waals surface area contributed by atoms with E-state index >= 15 is 0 Å². The molecule has 0 amide bonds. The summed E-state index contributed by atoms with van der Waals surface area (Å²) in [6.07, 6.45) is 22.3. The number of ether oxygens (including phenoxy) is 2. The van der Waals surface area contributed by atoms with E-state index in [2.05, 4.69) is 26.0 Å². The molecule has 0 radical (unpaired) electrons. The summed E-state index contributed by atoms with van der Waals surface area (Å²) in [5.41, 5.74) is 0. The fraction of sp³-hybridized carbons (Fsp3) is 0.903. The second-order valence-electron chi connectivity index (χ2n) is 11.8. The van der Waals surface area contributed by atoms with Crippen molar-refractivity contribution >= 4 is 13.8 Å². The number of phosphoric acid groups is 1. The largest absolute Gasteiger partial charge is 0.756 e. The smallest absolute Gasteiger partial charge is 0.306 e. The highest BCUT2D eigenvalue weighted by molar-refractivity contribution is 7.45. The van der Waals surface area contributed by atoms with E-state index < -0.39 is 13.9 Å². The van der Waals surface area contributed by atoms with Gasteiger partial charge in [0.25, 0.3) is 7.82 Å². The Hall–Kier alpha value is -0.760. The number of quaternary nitrogens is 1. The van der Waals surface area contributed by atoms with Crippen molar-refractivity contribution in [2.45, 2.75) is 129 Å². The Morgan fingerprint density at radius 2 is 1.30 bits per heavy atom. The summed E-state index contributed by atoms with van der Waals surface area (Å²) in [5, 5.41) is 0. The van der Waals surface area contributed by atoms with Crippen molar-refractivity contribution in [3.63, 3.8) is 0 Å². The monoisotopic (exact) mass is 591 g/mol. The average molecular weight is 592 g/mol. The summed E-state index contributed by atoms with van der Waals surface area (Å²) < 4.78 is 34.1. The van der Waals surface area contributed by atoms with Crippen molar-refractivity contribution in [3.8, 4) is 0 Å². The number of allylic oxidation sites excluding steroid dienone is 2. The van der Waals surface area contributed by atoms with E-state index in [-0.39, 0.29) is 25.8 Å². The van der Waals surface area contributed by atoms with Crippen molar-refractivity contribution in [2.75, 3.05) is 54.1 Å². The minimum absolute atomic E-state index is 0.0263. The van der Waals surface area contributed by atoms with Gasteiger partial charge in [-0.25, -0.2) is 0 Å². The Morgan fingerprint density at radius 1 is 0.750 bits per heavy atom. The molecule has 0 aromatic heterocycles. The van der Waals surface area contributed by atoms with Crippen molar-refractivity contribution in [3.05, 3.63) is 12.2 Å². The van der Waals surface area contributed by atoms with E-state index in [1.165, 1.54) is 57.8 Å². The number of likely N-dealkylation sites (N-methyl/N-ethyl adjacent to an activating group) is 1. The fourth-order valence-corrected chi connectivity index (χ4v) is 4.74. The summed E-state index contributed by atoms with van der Waals surface area (Å²) in [6, 6.07) is 0. The van der Waals surface area contributed by atoms with Crippen LogP contribution in [0.1, 0.15) is 123 Å². The lowest BCUT2D eigenvalue weighted by Gasteiger charge is -2.28. The highest BCUT2D eigenvalue weighted by Crippen LogP contribution is 2.38. The van der Waals surface area contributed by atoms with Gasteiger partial charge in [0.15, 0.2) is 0 Å². The quantitative estimate of drug-likeness (QED) is 0.0295. The summed E-state index contributed by atoms with van der Waals surface area (Å²) in [6.45, 7) is 5.30. The van der Waals surface area contributed by atoms with Gasteiger partial charge in [-0.1, -0.05) is 90.2 Å².